The van der Waals surface area contributed by atoms with Crippen LogP contribution in [0.2, 0.25) is 0 Å². The maximum Gasteiger partial charge on any atom is 0.433 e. The number of methoxy groups -OCH3 is 1. The first-order chi connectivity index (χ1) is 17.8. The first-order valence-corrected chi connectivity index (χ1v) is 13.2. The van der Waals surface area contributed by atoms with Gasteiger partial charge in [0.1, 0.15) is 5.69 Å². The van der Waals surface area contributed by atoms with Gasteiger partial charge in [-0.15, -0.1) is 0 Å². The highest BCUT2D eigenvalue weighted by atomic mass is 19.4. The van der Waals surface area contributed by atoms with Gasteiger partial charge in [0.15, 0.2) is 0 Å². The summed E-state index contributed by atoms with van der Waals surface area (Å²) in [6.07, 6.45) is 0.827. The van der Waals surface area contributed by atoms with Crippen LogP contribution in [0.4, 0.5) is 19.1 Å². The van der Waals surface area contributed by atoms with Crippen LogP contribution in [0.25, 0.3) is 0 Å². The molecule has 4 heterocycles. The number of amides is 1. The maximum atomic E-state index is 14.1. The molecular formula is C25H36F3N5O4. The van der Waals surface area contributed by atoms with Crippen molar-refractivity contribution in [2.24, 2.45) is 11.3 Å². The number of carbonyl (C=O) groups is 1. The fourth-order valence-electron chi connectivity index (χ4n) is 6.45. The molecule has 9 nitrogen and oxygen atoms in total. The highest BCUT2D eigenvalue weighted by Gasteiger charge is 2.53. The summed E-state index contributed by atoms with van der Waals surface area (Å²) >= 11 is 0. The molecule has 1 aromatic heterocycles. The summed E-state index contributed by atoms with van der Waals surface area (Å²) in [6.45, 7) is 4.17. The van der Waals surface area contributed by atoms with Crippen LogP contribution in [0.15, 0.2) is 12.3 Å². The van der Waals surface area contributed by atoms with E-state index in [4.69, 9.17) is 14.2 Å². The highest BCUT2D eigenvalue weighted by molar-refractivity contribution is 5.84. The SMILES string of the molecule is COC1COCC[C@H]1N[C@@H]1CCC(C(=O)N2CCN(c3nccc(C(F)(F)F)n3)CC2)([C@@H]2CCOC2)C1. The molecule has 4 fully saturated rings. The van der Waals surface area contributed by atoms with Gasteiger partial charge in [-0.3, -0.25) is 4.79 Å². The Morgan fingerprint density at radius 1 is 1.14 bits per heavy atom. The number of rotatable bonds is 6. The number of nitrogens with one attached hydrogen (secondary N) is 1. The van der Waals surface area contributed by atoms with Crippen molar-refractivity contribution in [1.82, 2.24) is 20.2 Å². The Kier molecular flexibility index (Phi) is 7.90. The molecule has 1 saturated carbocycles. The lowest BCUT2D eigenvalue weighted by molar-refractivity contribution is -0.146. The minimum absolute atomic E-state index is 0.000380. The van der Waals surface area contributed by atoms with Crippen LogP contribution >= 0.6 is 0 Å². The van der Waals surface area contributed by atoms with Gasteiger partial charge < -0.3 is 29.3 Å². The number of aromatic nitrogens is 2. The van der Waals surface area contributed by atoms with Gasteiger partial charge in [0, 0.05) is 64.8 Å². The second kappa shape index (κ2) is 11.0. The first-order valence-electron chi connectivity index (χ1n) is 13.2. The lowest BCUT2D eigenvalue weighted by atomic mass is 9.72. The number of hydrogen-bond acceptors (Lipinski definition) is 8. The minimum atomic E-state index is -4.52. The van der Waals surface area contributed by atoms with Crippen LogP contribution in [-0.4, -0.2) is 98.7 Å². The van der Waals surface area contributed by atoms with E-state index in [1.165, 1.54) is 0 Å². The zero-order valence-corrected chi connectivity index (χ0v) is 21.2. The number of carbonyl (C=O) groups excluding carboxylic acids is 1. The lowest BCUT2D eigenvalue weighted by Gasteiger charge is -2.42. The molecule has 3 saturated heterocycles. The Bertz CT molecular complexity index is 939. The predicted molar refractivity (Wildman–Crippen MR) is 128 cm³/mol. The average molecular weight is 528 g/mol. The van der Waals surface area contributed by atoms with Crippen molar-refractivity contribution in [2.75, 3.05) is 64.6 Å². The third kappa shape index (κ3) is 5.57. The highest BCUT2D eigenvalue weighted by Crippen LogP contribution is 2.49. The molecule has 0 aromatic carbocycles. The van der Waals surface area contributed by atoms with Gasteiger partial charge in [0.2, 0.25) is 11.9 Å². The number of nitrogens with zero attached hydrogens (tertiary/aromatic N) is 4. The van der Waals surface area contributed by atoms with Gasteiger partial charge in [-0.25, -0.2) is 9.97 Å². The maximum absolute atomic E-state index is 14.1. The van der Waals surface area contributed by atoms with Crippen LogP contribution in [0.1, 0.15) is 37.8 Å². The Hall–Kier alpha value is -2.02. The summed E-state index contributed by atoms with van der Waals surface area (Å²) in [5, 5.41) is 3.77. The van der Waals surface area contributed by atoms with Gasteiger partial charge in [-0.1, -0.05) is 0 Å². The molecular weight excluding hydrogens is 491 g/mol. The monoisotopic (exact) mass is 527 g/mol. The standard InChI is InChI=1S/C25H36F3N5O4/c1-35-20-16-37-13-5-19(20)30-18-2-6-24(14-18,17-4-12-36-15-17)22(34)32-8-10-33(11-9-32)23-29-7-3-21(31-23)25(26,27)28/h3,7,17-20,30H,2,4-6,8-16H2,1H3/t17-,18-,19-,20?,24?/m1/s1. The van der Waals surface area contributed by atoms with E-state index in [0.29, 0.717) is 52.6 Å². The molecule has 3 aliphatic heterocycles. The van der Waals surface area contributed by atoms with Crippen molar-refractivity contribution in [3.63, 3.8) is 0 Å². The van der Waals surface area contributed by atoms with Crippen LogP contribution < -0.4 is 10.2 Å². The van der Waals surface area contributed by atoms with Crippen molar-refractivity contribution in [1.29, 1.82) is 0 Å². The quantitative estimate of drug-likeness (QED) is 0.602. The van der Waals surface area contributed by atoms with E-state index in [0.717, 1.165) is 44.4 Å². The fraction of sp³-hybridized carbons (Fsp3) is 0.800. The molecule has 2 unspecified atom stereocenters. The number of hydrogen-bond donors (Lipinski definition) is 1. The molecule has 5 atom stereocenters. The molecule has 5 rings (SSSR count). The summed E-state index contributed by atoms with van der Waals surface area (Å²) < 4.78 is 56.2. The summed E-state index contributed by atoms with van der Waals surface area (Å²) in [4.78, 5) is 25.5. The number of piperazine rings is 1. The zero-order chi connectivity index (χ0) is 26.0. The molecule has 37 heavy (non-hydrogen) atoms. The first kappa shape index (κ1) is 26.6. The molecule has 1 aliphatic carbocycles. The number of anilines is 1. The van der Waals surface area contributed by atoms with Gasteiger partial charge in [0.25, 0.3) is 0 Å². The van der Waals surface area contributed by atoms with E-state index in [2.05, 4.69) is 15.3 Å². The second-order valence-electron chi connectivity index (χ2n) is 10.6. The lowest BCUT2D eigenvalue weighted by Crippen LogP contribution is -2.55. The van der Waals surface area contributed by atoms with Crippen molar-refractivity contribution in [2.45, 2.75) is 56.5 Å². The van der Waals surface area contributed by atoms with Gasteiger partial charge in [-0.2, -0.15) is 13.2 Å². The van der Waals surface area contributed by atoms with E-state index in [9.17, 15) is 18.0 Å². The van der Waals surface area contributed by atoms with E-state index in [1.54, 1.807) is 12.0 Å². The molecule has 0 radical (unpaired) electrons. The Labute approximate surface area is 215 Å². The Morgan fingerprint density at radius 3 is 2.59 bits per heavy atom. The van der Waals surface area contributed by atoms with Crippen molar-refractivity contribution in [3.05, 3.63) is 18.0 Å². The fourth-order valence-corrected chi connectivity index (χ4v) is 6.45. The molecule has 1 aromatic rings. The Morgan fingerprint density at radius 2 is 1.89 bits per heavy atom. The van der Waals surface area contributed by atoms with E-state index >= 15 is 0 Å². The summed E-state index contributed by atoms with van der Waals surface area (Å²) in [5.41, 5.74) is -1.45. The zero-order valence-electron chi connectivity index (χ0n) is 21.2. The largest absolute Gasteiger partial charge is 0.433 e. The third-order valence-electron chi connectivity index (χ3n) is 8.53. The molecule has 206 valence electrons. The smallest absolute Gasteiger partial charge is 0.381 e. The molecule has 0 spiro atoms. The van der Waals surface area contributed by atoms with Crippen molar-refractivity contribution < 1.29 is 32.2 Å². The molecule has 0 bridgehead atoms. The van der Waals surface area contributed by atoms with Crippen LogP contribution in [0.5, 0.6) is 0 Å². The number of halogens is 3. The average Bonchev–Trinajstić information content (AvgIpc) is 3.60. The van der Waals surface area contributed by atoms with Crippen molar-refractivity contribution in [3.8, 4) is 0 Å². The summed E-state index contributed by atoms with van der Waals surface area (Å²) in [7, 11) is 1.70. The van der Waals surface area contributed by atoms with Gasteiger partial charge >= 0.3 is 6.18 Å². The second-order valence-corrected chi connectivity index (χ2v) is 10.6. The molecule has 1 amide bonds. The summed E-state index contributed by atoms with van der Waals surface area (Å²) in [6, 6.07) is 1.28. The molecule has 4 aliphatic rings. The van der Waals surface area contributed by atoms with Crippen LogP contribution in [0, 0.1) is 11.3 Å². The van der Waals surface area contributed by atoms with Gasteiger partial charge in [-0.05, 0) is 44.1 Å². The van der Waals surface area contributed by atoms with Crippen molar-refractivity contribution >= 4 is 11.9 Å². The van der Waals surface area contributed by atoms with Crippen LogP contribution in [0.3, 0.4) is 0 Å². The van der Waals surface area contributed by atoms with E-state index in [1.807, 2.05) is 4.90 Å². The molecule has 1 N–H and O–H groups in total. The van der Waals surface area contributed by atoms with E-state index < -0.39 is 17.3 Å². The normalized spacial score (nSPS) is 33.2. The Balaban J connectivity index is 1.25. The predicted octanol–water partition coefficient (Wildman–Crippen LogP) is 2.11. The van der Waals surface area contributed by atoms with Gasteiger partial charge in [0.05, 0.1) is 24.7 Å². The number of alkyl halides is 3. The van der Waals surface area contributed by atoms with E-state index in [-0.39, 0.29) is 36.0 Å². The topological polar surface area (TPSA) is 89.1 Å². The minimum Gasteiger partial charge on any atom is -0.381 e. The third-order valence-corrected chi connectivity index (χ3v) is 8.53. The van der Waals surface area contributed by atoms with Crippen LogP contribution in [-0.2, 0) is 25.2 Å². The molecule has 12 heteroatoms. The summed E-state index contributed by atoms with van der Waals surface area (Å²) in [5.74, 6) is 0.367. The number of ether oxygens (including phenoxy) is 3.